The van der Waals surface area contributed by atoms with Crippen LogP contribution >= 0.6 is 23.4 Å². The van der Waals surface area contributed by atoms with E-state index in [4.69, 9.17) is 22.1 Å². The minimum absolute atomic E-state index is 0.343. The summed E-state index contributed by atoms with van der Waals surface area (Å²) < 4.78 is 5.56. The highest BCUT2D eigenvalue weighted by Gasteiger charge is 2.00. The number of nitrogens with one attached hydrogen (secondary N) is 1. The molecule has 0 aliphatic rings. The van der Waals surface area contributed by atoms with E-state index in [2.05, 4.69) is 15.2 Å². The number of aromatic nitrogens is 3. The summed E-state index contributed by atoms with van der Waals surface area (Å²) in [4.78, 5) is 3.99. The maximum absolute atomic E-state index is 5.78. The van der Waals surface area contributed by atoms with Crippen LogP contribution in [0, 0.1) is 0 Å². The summed E-state index contributed by atoms with van der Waals surface area (Å²) in [5.41, 5.74) is 5.42. The Morgan fingerprint density at radius 2 is 2.11 bits per heavy atom. The zero-order valence-electron chi connectivity index (χ0n) is 9.60. The van der Waals surface area contributed by atoms with Gasteiger partial charge in [-0.05, 0) is 30.7 Å². The number of halogens is 1. The lowest BCUT2D eigenvalue weighted by molar-refractivity contribution is 0.318. The van der Waals surface area contributed by atoms with Crippen LogP contribution in [-0.4, -0.2) is 27.5 Å². The van der Waals surface area contributed by atoms with Gasteiger partial charge in [0, 0.05) is 10.8 Å². The summed E-state index contributed by atoms with van der Waals surface area (Å²) in [7, 11) is 0. The number of ether oxygens (including phenoxy) is 1. The van der Waals surface area contributed by atoms with E-state index in [0.29, 0.717) is 22.7 Å². The number of nitrogens with zero attached hydrogens (tertiary/aromatic N) is 2. The number of thioether (sulfide) groups is 1. The molecule has 18 heavy (non-hydrogen) atoms. The van der Waals surface area contributed by atoms with Crippen molar-refractivity contribution in [3.05, 3.63) is 29.3 Å². The van der Waals surface area contributed by atoms with E-state index in [1.165, 1.54) is 0 Å². The van der Waals surface area contributed by atoms with Crippen molar-refractivity contribution in [3.8, 4) is 5.75 Å². The van der Waals surface area contributed by atoms with Crippen LogP contribution in [-0.2, 0) is 0 Å². The normalized spacial score (nSPS) is 10.5. The van der Waals surface area contributed by atoms with Crippen molar-refractivity contribution in [2.75, 3.05) is 18.1 Å². The number of H-pyrrole nitrogens is 1. The third-order valence-electron chi connectivity index (χ3n) is 2.08. The lowest BCUT2D eigenvalue weighted by atomic mass is 10.3. The van der Waals surface area contributed by atoms with Crippen molar-refractivity contribution >= 4 is 29.3 Å². The molecule has 96 valence electrons. The van der Waals surface area contributed by atoms with E-state index in [9.17, 15) is 0 Å². The van der Waals surface area contributed by atoms with Gasteiger partial charge in [0.2, 0.25) is 11.1 Å². The Morgan fingerprint density at radius 1 is 1.33 bits per heavy atom. The van der Waals surface area contributed by atoms with Crippen LogP contribution in [0.1, 0.15) is 6.42 Å². The second-order valence-electron chi connectivity index (χ2n) is 3.51. The topological polar surface area (TPSA) is 76.8 Å². The first-order valence-electron chi connectivity index (χ1n) is 5.43. The predicted molar refractivity (Wildman–Crippen MR) is 73.1 cm³/mol. The van der Waals surface area contributed by atoms with Gasteiger partial charge in [0.1, 0.15) is 5.75 Å². The Bertz CT molecular complexity index is 488. The van der Waals surface area contributed by atoms with E-state index in [0.717, 1.165) is 17.9 Å². The molecular weight excluding hydrogens is 272 g/mol. The van der Waals surface area contributed by atoms with Crippen molar-refractivity contribution in [1.82, 2.24) is 15.2 Å². The van der Waals surface area contributed by atoms with Gasteiger partial charge >= 0.3 is 0 Å². The zero-order chi connectivity index (χ0) is 12.8. The maximum atomic E-state index is 5.78. The van der Waals surface area contributed by atoms with E-state index in [1.807, 2.05) is 24.3 Å². The first kappa shape index (κ1) is 13.0. The highest BCUT2D eigenvalue weighted by atomic mass is 35.5. The average Bonchev–Trinajstić information content (AvgIpc) is 2.77. The molecule has 0 radical (unpaired) electrons. The molecular formula is C11H13ClN4OS. The van der Waals surface area contributed by atoms with Gasteiger partial charge in [-0.2, -0.15) is 4.98 Å². The fraction of sp³-hybridized carbons (Fsp3) is 0.273. The number of anilines is 1. The molecule has 7 heteroatoms. The van der Waals surface area contributed by atoms with E-state index in [-0.39, 0.29) is 0 Å². The number of hydrogen-bond acceptors (Lipinski definition) is 5. The van der Waals surface area contributed by atoms with Crippen molar-refractivity contribution < 1.29 is 4.74 Å². The summed E-state index contributed by atoms with van der Waals surface area (Å²) in [6.07, 6.45) is 0.905. The zero-order valence-corrected chi connectivity index (χ0v) is 11.2. The summed E-state index contributed by atoms with van der Waals surface area (Å²) in [5, 5.41) is 7.89. The summed E-state index contributed by atoms with van der Waals surface area (Å²) >= 11 is 7.32. The molecule has 0 aliphatic carbocycles. The number of hydrogen-bond donors (Lipinski definition) is 2. The van der Waals surface area contributed by atoms with E-state index in [1.54, 1.807) is 11.8 Å². The fourth-order valence-electron chi connectivity index (χ4n) is 1.27. The maximum Gasteiger partial charge on any atom is 0.216 e. The van der Waals surface area contributed by atoms with Gasteiger partial charge in [-0.25, -0.2) is 5.10 Å². The van der Waals surface area contributed by atoms with Gasteiger partial charge in [-0.15, -0.1) is 5.10 Å². The molecule has 0 spiro atoms. The highest BCUT2D eigenvalue weighted by Crippen LogP contribution is 2.17. The molecule has 0 fully saturated rings. The first-order valence-corrected chi connectivity index (χ1v) is 6.79. The molecule has 0 aliphatic heterocycles. The Kier molecular flexibility index (Phi) is 4.72. The second-order valence-corrected chi connectivity index (χ2v) is 5.01. The Morgan fingerprint density at radius 3 is 2.78 bits per heavy atom. The first-order chi connectivity index (χ1) is 8.74. The molecule has 2 aromatic rings. The Balaban J connectivity index is 1.63. The van der Waals surface area contributed by atoms with Crippen molar-refractivity contribution in [1.29, 1.82) is 0 Å². The number of nitrogens with two attached hydrogens (primary N) is 1. The monoisotopic (exact) mass is 284 g/mol. The largest absolute Gasteiger partial charge is 0.494 e. The predicted octanol–water partition coefficient (Wildman–Crippen LogP) is 2.60. The summed E-state index contributed by atoms with van der Waals surface area (Å²) in [5.74, 6) is 2.05. The minimum atomic E-state index is 0.343. The standard InChI is InChI=1S/C11H13ClN4OS/c12-8-2-4-9(5-3-8)17-6-1-7-18-11-14-10(13)15-16-11/h2-5H,1,6-7H2,(H3,13,14,15,16). The molecule has 1 aromatic heterocycles. The molecule has 1 aromatic carbocycles. The fourth-order valence-corrected chi connectivity index (χ4v) is 2.11. The van der Waals surface area contributed by atoms with Crippen molar-refractivity contribution in [2.24, 2.45) is 0 Å². The quantitative estimate of drug-likeness (QED) is 0.630. The molecule has 0 atom stereocenters. The molecule has 5 nitrogen and oxygen atoms in total. The van der Waals surface area contributed by atoms with Crippen LogP contribution in [0.25, 0.3) is 0 Å². The molecule has 1 heterocycles. The van der Waals surface area contributed by atoms with Gasteiger partial charge in [0.25, 0.3) is 0 Å². The summed E-state index contributed by atoms with van der Waals surface area (Å²) in [6, 6.07) is 7.32. The van der Waals surface area contributed by atoms with Crippen LogP contribution in [0.4, 0.5) is 5.95 Å². The van der Waals surface area contributed by atoms with Crippen LogP contribution in [0.2, 0.25) is 5.02 Å². The minimum Gasteiger partial charge on any atom is -0.494 e. The molecule has 3 N–H and O–H groups in total. The Hall–Kier alpha value is -1.40. The highest BCUT2D eigenvalue weighted by molar-refractivity contribution is 7.99. The van der Waals surface area contributed by atoms with Gasteiger partial charge < -0.3 is 10.5 Å². The third kappa shape index (κ3) is 4.12. The number of rotatable bonds is 6. The van der Waals surface area contributed by atoms with Crippen LogP contribution in [0.15, 0.2) is 29.4 Å². The Labute approximate surface area is 114 Å². The number of benzene rings is 1. The van der Waals surface area contributed by atoms with Gasteiger partial charge in [-0.1, -0.05) is 23.4 Å². The van der Waals surface area contributed by atoms with E-state index >= 15 is 0 Å². The molecule has 0 unspecified atom stereocenters. The lowest BCUT2D eigenvalue weighted by Crippen LogP contribution is -1.98. The van der Waals surface area contributed by atoms with Gasteiger partial charge in [0.15, 0.2) is 0 Å². The second kappa shape index (κ2) is 6.51. The smallest absolute Gasteiger partial charge is 0.216 e. The third-order valence-corrected chi connectivity index (χ3v) is 3.27. The molecule has 0 saturated carbocycles. The molecule has 2 rings (SSSR count). The molecule has 0 amide bonds. The molecule has 0 saturated heterocycles. The van der Waals surface area contributed by atoms with Crippen molar-refractivity contribution in [2.45, 2.75) is 11.6 Å². The van der Waals surface area contributed by atoms with Gasteiger partial charge in [-0.3, -0.25) is 0 Å². The van der Waals surface area contributed by atoms with Crippen LogP contribution in [0.3, 0.4) is 0 Å². The van der Waals surface area contributed by atoms with Crippen LogP contribution < -0.4 is 10.5 Å². The van der Waals surface area contributed by atoms with Crippen LogP contribution in [0.5, 0.6) is 5.75 Å². The van der Waals surface area contributed by atoms with E-state index < -0.39 is 0 Å². The van der Waals surface area contributed by atoms with Gasteiger partial charge in [0.05, 0.1) is 6.61 Å². The SMILES string of the molecule is Nc1nc(SCCCOc2ccc(Cl)cc2)n[nH]1. The average molecular weight is 285 g/mol. The van der Waals surface area contributed by atoms with Crippen molar-refractivity contribution in [3.63, 3.8) is 0 Å². The summed E-state index contributed by atoms with van der Waals surface area (Å²) in [6.45, 7) is 0.647. The number of aromatic amines is 1. The molecule has 0 bridgehead atoms. The lowest BCUT2D eigenvalue weighted by Gasteiger charge is -2.05. The number of nitrogen functional groups attached to an aromatic ring is 1.